The predicted octanol–water partition coefficient (Wildman–Crippen LogP) is 5.10. The third-order valence-corrected chi connectivity index (χ3v) is 5.04. The Hall–Kier alpha value is -3.76. The molecule has 2 N–H and O–H groups in total. The molecular weight excluding hydrogens is 488 g/mol. The van der Waals surface area contributed by atoms with E-state index in [0.717, 1.165) is 12.1 Å². The van der Waals surface area contributed by atoms with Crippen LogP contribution < -0.4 is 10.1 Å². The van der Waals surface area contributed by atoms with Gasteiger partial charge in [-0.15, -0.1) is 0 Å². The molecule has 8 nitrogen and oxygen atoms in total. The van der Waals surface area contributed by atoms with Gasteiger partial charge in [-0.1, -0.05) is 18.2 Å². The minimum Gasteiger partial charge on any atom is -0.491 e. The average molecular weight is 520 g/mol. The first-order chi connectivity index (χ1) is 17.7. The maximum absolute atomic E-state index is 14.1. The van der Waals surface area contributed by atoms with E-state index in [9.17, 15) is 18.4 Å². The summed E-state index contributed by atoms with van der Waals surface area (Å²) in [6.45, 7) is 5.35. The molecule has 37 heavy (non-hydrogen) atoms. The van der Waals surface area contributed by atoms with E-state index in [-0.39, 0.29) is 25.5 Å². The first-order valence-corrected chi connectivity index (χ1v) is 11.5. The van der Waals surface area contributed by atoms with E-state index < -0.39 is 35.9 Å². The summed E-state index contributed by atoms with van der Waals surface area (Å²) in [7, 11) is 1.43. The summed E-state index contributed by atoms with van der Waals surface area (Å²) in [4.78, 5) is 24.5. The highest BCUT2D eigenvalue weighted by molar-refractivity contribution is 5.85. The van der Waals surface area contributed by atoms with Gasteiger partial charge in [0, 0.05) is 19.3 Å². The minimum atomic E-state index is -1.01. The number of allylic oxidation sites excluding steroid dienone is 2. The molecule has 0 bridgehead atoms. The van der Waals surface area contributed by atoms with Crippen molar-refractivity contribution in [3.05, 3.63) is 83.0 Å². The lowest BCUT2D eigenvalue weighted by Crippen LogP contribution is -2.29. The van der Waals surface area contributed by atoms with Gasteiger partial charge < -0.3 is 24.1 Å². The van der Waals surface area contributed by atoms with Crippen LogP contribution in [0.25, 0.3) is 0 Å². The number of hydrogen-bond donors (Lipinski definition) is 2. The van der Waals surface area contributed by atoms with Gasteiger partial charge in [0.25, 0.3) is 0 Å². The summed E-state index contributed by atoms with van der Waals surface area (Å²) in [6.07, 6.45) is 0.209. The van der Waals surface area contributed by atoms with Crippen molar-refractivity contribution in [2.45, 2.75) is 33.0 Å². The molecule has 200 valence electrons. The Balaban J connectivity index is 2.36. The Morgan fingerprint density at radius 1 is 1.08 bits per heavy atom. The minimum absolute atomic E-state index is 0.111. The first kappa shape index (κ1) is 29.5. The second-order valence-electron chi connectivity index (χ2n) is 7.90. The fourth-order valence-electron chi connectivity index (χ4n) is 3.47. The van der Waals surface area contributed by atoms with E-state index in [1.165, 1.54) is 13.2 Å². The number of anilines is 1. The highest BCUT2D eigenvalue weighted by Gasteiger charge is 2.29. The van der Waals surface area contributed by atoms with Gasteiger partial charge in [0.05, 0.1) is 18.9 Å². The maximum atomic E-state index is 14.1. The van der Waals surface area contributed by atoms with Crippen LogP contribution in [-0.2, 0) is 19.0 Å². The number of aliphatic hydroxyl groups is 1. The lowest BCUT2D eigenvalue weighted by Gasteiger charge is -2.27. The van der Waals surface area contributed by atoms with Crippen LogP contribution in [0.4, 0.5) is 19.3 Å². The molecule has 0 aromatic heterocycles. The largest absolute Gasteiger partial charge is 0.491 e. The fourth-order valence-corrected chi connectivity index (χ4v) is 3.47. The van der Waals surface area contributed by atoms with E-state index >= 15 is 0 Å². The van der Waals surface area contributed by atoms with Crippen molar-refractivity contribution in [1.82, 2.24) is 0 Å². The molecule has 0 heterocycles. The van der Waals surface area contributed by atoms with E-state index in [1.54, 1.807) is 51.1 Å². The molecule has 0 saturated heterocycles. The van der Waals surface area contributed by atoms with Gasteiger partial charge in [0.2, 0.25) is 0 Å². The lowest BCUT2D eigenvalue weighted by molar-refractivity contribution is -0.137. The molecule has 10 heteroatoms. The Bertz CT molecular complexity index is 1120. The average Bonchev–Trinajstić information content (AvgIpc) is 2.84. The van der Waals surface area contributed by atoms with E-state index in [1.807, 2.05) is 0 Å². The molecule has 2 aromatic rings. The van der Waals surface area contributed by atoms with Crippen molar-refractivity contribution in [3.63, 3.8) is 0 Å². The number of aliphatic hydroxyl groups excluding tert-OH is 1. The SMILES string of the molecule is CCOC(=O)/C=C(C)/C=C(\C)[C@@H](OC)[C@H](OC(=O)Nc1ccc(F)cc1F)c1ccc(OCCO)cc1. The molecule has 1 amide bonds. The number of methoxy groups -OCH3 is 1. The third kappa shape index (κ3) is 9.32. The number of carbonyl (C=O) groups is 2. The van der Waals surface area contributed by atoms with Crippen molar-refractivity contribution < 1.29 is 42.4 Å². The van der Waals surface area contributed by atoms with E-state index in [2.05, 4.69) is 5.32 Å². The van der Waals surface area contributed by atoms with Gasteiger partial charge in [-0.3, -0.25) is 5.32 Å². The zero-order chi connectivity index (χ0) is 27.4. The summed E-state index contributed by atoms with van der Waals surface area (Å²) < 4.78 is 48.9. The standard InChI is InChI=1S/C27H31F2NO7/c1-5-35-24(32)15-17(2)14-18(3)25(34-4)26(19-6-9-21(10-7-19)36-13-12-31)37-27(33)30-23-11-8-20(28)16-22(23)29/h6-11,14-16,25-26,31H,5,12-13H2,1-4H3,(H,30,33)/b17-15+,18-14+/t25-,26-/m1/s1. The van der Waals surface area contributed by atoms with Crippen molar-refractivity contribution in [3.8, 4) is 5.75 Å². The quantitative estimate of drug-likeness (QED) is 0.229. The Labute approximate surface area is 214 Å². The van der Waals surface area contributed by atoms with Gasteiger partial charge in [-0.2, -0.15) is 0 Å². The van der Waals surface area contributed by atoms with Crippen molar-refractivity contribution in [2.24, 2.45) is 0 Å². The molecule has 2 rings (SSSR count). The van der Waals surface area contributed by atoms with Crippen LogP contribution in [0.1, 0.15) is 32.4 Å². The van der Waals surface area contributed by atoms with Crippen molar-refractivity contribution >= 4 is 17.7 Å². The van der Waals surface area contributed by atoms with Gasteiger partial charge in [0.15, 0.2) is 6.10 Å². The number of carbonyl (C=O) groups excluding carboxylic acids is 2. The topological polar surface area (TPSA) is 103 Å². The molecule has 0 aliphatic carbocycles. The fraction of sp³-hybridized carbons (Fsp3) is 0.333. The maximum Gasteiger partial charge on any atom is 0.412 e. The first-order valence-electron chi connectivity index (χ1n) is 11.5. The Morgan fingerprint density at radius 2 is 1.78 bits per heavy atom. The number of esters is 1. The number of rotatable bonds is 12. The van der Waals surface area contributed by atoms with Crippen molar-refractivity contribution in [1.29, 1.82) is 0 Å². The van der Waals surface area contributed by atoms with Crippen LogP contribution >= 0.6 is 0 Å². The predicted molar refractivity (Wildman–Crippen MR) is 133 cm³/mol. The summed E-state index contributed by atoms with van der Waals surface area (Å²) in [5, 5.41) is 11.2. The molecule has 0 fully saturated rings. The number of amides is 1. The molecule has 0 unspecified atom stereocenters. The van der Waals surface area contributed by atoms with Crippen LogP contribution in [0.5, 0.6) is 5.75 Å². The molecule has 0 radical (unpaired) electrons. The highest BCUT2D eigenvalue weighted by Crippen LogP contribution is 2.31. The summed E-state index contributed by atoms with van der Waals surface area (Å²) >= 11 is 0. The normalized spacial score (nSPS) is 13.5. The van der Waals surface area contributed by atoms with E-state index in [0.29, 0.717) is 28.5 Å². The van der Waals surface area contributed by atoms with Crippen LogP contribution in [-0.4, -0.2) is 50.2 Å². The zero-order valence-electron chi connectivity index (χ0n) is 21.1. The second-order valence-corrected chi connectivity index (χ2v) is 7.90. The number of halogens is 2. The number of hydrogen-bond acceptors (Lipinski definition) is 7. The van der Waals surface area contributed by atoms with Crippen LogP contribution in [0.3, 0.4) is 0 Å². The highest BCUT2D eigenvalue weighted by atomic mass is 19.1. The van der Waals surface area contributed by atoms with Gasteiger partial charge >= 0.3 is 12.1 Å². The molecule has 2 atom stereocenters. The molecule has 0 spiro atoms. The molecular formula is C27H31F2NO7. The van der Waals surface area contributed by atoms with Gasteiger partial charge in [-0.25, -0.2) is 18.4 Å². The molecule has 0 saturated carbocycles. The van der Waals surface area contributed by atoms with Crippen LogP contribution in [0.15, 0.2) is 65.8 Å². The zero-order valence-corrected chi connectivity index (χ0v) is 21.1. The Morgan fingerprint density at radius 3 is 2.38 bits per heavy atom. The summed E-state index contributed by atoms with van der Waals surface area (Å²) in [5.74, 6) is -1.75. The monoisotopic (exact) mass is 519 g/mol. The van der Waals surface area contributed by atoms with Crippen LogP contribution in [0, 0.1) is 11.6 Å². The van der Waals surface area contributed by atoms with Crippen molar-refractivity contribution in [2.75, 3.05) is 32.2 Å². The molecule has 2 aromatic carbocycles. The van der Waals surface area contributed by atoms with Gasteiger partial charge in [-0.05, 0) is 61.7 Å². The third-order valence-electron chi connectivity index (χ3n) is 5.04. The number of nitrogens with one attached hydrogen (secondary N) is 1. The van der Waals surface area contributed by atoms with E-state index in [4.69, 9.17) is 24.1 Å². The molecule has 0 aliphatic heterocycles. The molecule has 0 aliphatic rings. The Kier molecular flexibility index (Phi) is 11.7. The summed E-state index contributed by atoms with van der Waals surface area (Å²) in [5.41, 5.74) is 1.47. The number of benzene rings is 2. The van der Waals surface area contributed by atoms with Gasteiger partial charge in [0.1, 0.15) is 30.1 Å². The smallest absolute Gasteiger partial charge is 0.412 e. The second kappa shape index (κ2) is 14.7. The number of ether oxygens (including phenoxy) is 4. The van der Waals surface area contributed by atoms with Crippen LogP contribution in [0.2, 0.25) is 0 Å². The lowest BCUT2D eigenvalue weighted by atomic mass is 9.97. The summed E-state index contributed by atoms with van der Waals surface area (Å²) in [6, 6.07) is 9.31.